The molecular formula is C23H24N8O2. The van der Waals surface area contributed by atoms with Gasteiger partial charge in [-0.15, -0.1) is 0 Å². The summed E-state index contributed by atoms with van der Waals surface area (Å²) >= 11 is 0. The molecule has 10 nitrogen and oxygen atoms in total. The number of morpholine rings is 1. The highest BCUT2D eigenvalue weighted by molar-refractivity contribution is 5.92. The number of nitrogens with zero attached hydrogens (tertiary/aromatic N) is 6. The number of aromatic nitrogens is 5. The average Bonchev–Trinajstić information content (AvgIpc) is 3.24. The number of hydrogen-bond donors (Lipinski definition) is 2. The van der Waals surface area contributed by atoms with Gasteiger partial charge >= 0.3 is 0 Å². The van der Waals surface area contributed by atoms with Crippen LogP contribution < -0.4 is 15.5 Å². The van der Waals surface area contributed by atoms with Crippen molar-refractivity contribution in [1.29, 1.82) is 0 Å². The Morgan fingerprint density at radius 1 is 1.06 bits per heavy atom. The van der Waals surface area contributed by atoms with Crippen molar-refractivity contribution in [2.24, 2.45) is 7.05 Å². The second-order valence-electron chi connectivity index (χ2n) is 7.73. The SMILES string of the molecule is CNC(=O)c1ccc(Nc2cc(-c3ccc4ncn(C)c4c3)nc(N3CCOCC3)n2)cn1. The van der Waals surface area contributed by atoms with Gasteiger partial charge in [0, 0.05) is 38.8 Å². The number of hydrogen-bond acceptors (Lipinski definition) is 8. The van der Waals surface area contributed by atoms with Crippen LogP contribution in [0.4, 0.5) is 17.5 Å². The van der Waals surface area contributed by atoms with Gasteiger partial charge in [-0.25, -0.2) is 15.0 Å². The number of pyridine rings is 1. The van der Waals surface area contributed by atoms with Crippen LogP contribution in [0, 0.1) is 0 Å². The van der Waals surface area contributed by atoms with E-state index in [0.29, 0.717) is 30.7 Å². The first-order chi connectivity index (χ1) is 16.1. The van der Waals surface area contributed by atoms with Gasteiger partial charge in [-0.3, -0.25) is 4.79 Å². The second-order valence-corrected chi connectivity index (χ2v) is 7.73. The summed E-state index contributed by atoms with van der Waals surface area (Å²) in [4.78, 5) is 32.1. The van der Waals surface area contributed by atoms with E-state index < -0.39 is 0 Å². The fourth-order valence-electron chi connectivity index (χ4n) is 3.71. The van der Waals surface area contributed by atoms with E-state index in [2.05, 4.69) is 31.6 Å². The normalized spacial score (nSPS) is 13.8. The first-order valence-electron chi connectivity index (χ1n) is 10.7. The van der Waals surface area contributed by atoms with Crippen molar-refractivity contribution >= 4 is 34.4 Å². The van der Waals surface area contributed by atoms with Crippen LogP contribution in [0.3, 0.4) is 0 Å². The number of fused-ring (bicyclic) bond motifs is 1. The van der Waals surface area contributed by atoms with E-state index in [1.54, 1.807) is 31.7 Å². The van der Waals surface area contributed by atoms with Crippen molar-refractivity contribution in [1.82, 2.24) is 29.8 Å². The Morgan fingerprint density at radius 2 is 1.91 bits per heavy atom. The third kappa shape index (κ3) is 4.33. The smallest absolute Gasteiger partial charge is 0.269 e. The molecule has 1 amide bonds. The largest absolute Gasteiger partial charge is 0.378 e. The summed E-state index contributed by atoms with van der Waals surface area (Å²) in [5.74, 6) is 1.05. The highest BCUT2D eigenvalue weighted by Crippen LogP contribution is 2.27. The van der Waals surface area contributed by atoms with Crippen LogP contribution in [-0.2, 0) is 11.8 Å². The Bertz CT molecular complexity index is 1300. The van der Waals surface area contributed by atoms with Gasteiger partial charge in [-0.05, 0) is 24.3 Å². The monoisotopic (exact) mass is 444 g/mol. The van der Waals surface area contributed by atoms with Gasteiger partial charge in [-0.1, -0.05) is 6.07 Å². The molecule has 1 fully saturated rings. The van der Waals surface area contributed by atoms with Gasteiger partial charge in [-0.2, -0.15) is 4.98 Å². The van der Waals surface area contributed by atoms with Gasteiger partial charge in [0.2, 0.25) is 5.95 Å². The Hall–Kier alpha value is -4.05. The second kappa shape index (κ2) is 8.83. The van der Waals surface area contributed by atoms with E-state index in [9.17, 15) is 4.79 Å². The molecule has 10 heteroatoms. The van der Waals surface area contributed by atoms with Crippen molar-refractivity contribution < 1.29 is 9.53 Å². The molecule has 33 heavy (non-hydrogen) atoms. The van der Waals surface area contributed by atoms with E-state index in [0.717, 1.165) is 41.1 Å². The lowest BCUT2D eigenvalue weighted by Gasteiger charge is -2.27. The fourth-order valence-corrected chi connectivity index (χ4v) is 3.71. The fraction of sp³-hybridized carbons (Fsp3) is 0.261. The highest BCUT2D eigenvalue weighted by atomic mass is 16.5. The van der Waals surface area contributed by atoms with Crippen LogP contribution in [-0.4, -0.2) is 63.8 Å². The van der Waals surface area contributed by atoms with Crippen molar-refractivity contribution in [3.05, 3.63) is 54.6 Å². The third-order valence-corrected chi connectivity index (χ3v) is 5.53. The maximum atomic E-state index is 11.8. The zero-order valence-electron chi connectivity index (χ0n) is 18.4. The van der Waals surface area contributed by atoms with Gasteiger partial charge in [0.05, 0.1) is 48.2 Å². The molecule has 0 spiro atoms. The molecule has 0 bridgehead atoms. The Labute approximate surface area is 190 Å². The summed E-state index contributed by atoms with van der Waals surface area (Å²) in [6, 6.07) is 11.5. The quantitative estimate of drug-likeness (QED) is 0.483. The maximum Gasteiger partial charge on any atom is 0.269 e. The first-order valence-corrected chi connectivity index (χ1v) is 10.7. The molecule has 2 N–H and O–H groups in total. The maximum absolute atomic E-state index is 11.8. The minimum Gasteiger partial charge on any atom is -0.378 e. The number of rotatable bonds is 5. The molecule has 1 aliphatic heterocycles. The average molecular weight is 444 g/mol. The van der Waals surface area contributed by atoms with E-state index in [1.807, 2.05) is 29.8 Å². The number of carbonyl (C=O) groups is 1. The lowest BCUT2D eigenvalue weighted by atomic mass is 10.1. The molecule has 0 aliphatic carbocycles. The number of anilines is 3. The number of aryl methyl sites for hydroxylation is 1. The Balaban J connectivity index is 1.52. The lowest BCUT2D eigenvalue weighted by Crippen LogP contribution is -2.37. The first kappa shape index (κ1) is 20.8. The number of ether oxygens (including phenoxy) is 1. The van der Waals surface area contributed by atoms with Crippen LogP contribution in [0.2, 0.25) is 0 Å². The minimum absolute atomic E-state index is 0.231. The van der Waals surface area contributed by atoms with Crippen LogP contribution in [0.25, 0.3) is 22.3 Å². The molecule has 0 atom stereocenters. The summed E-state index contributed by atoms with van der Waals surface area (Å²) in [7, 11) is 3.55. The molecule has 4 aromatic rings. The summed E-state index contributed by atoms with van der Waals surface area (Å²) in [5.41, 5.74) is 4.81. The molecule has 0 unspecified atom stereocenters. The minimum atomic E-state index is -0.231. The number of imidazole rings is 1. The molecule has 0 radical (unpaired) electrons. The van der Waals surface area contributed by atoms with Crippen molar-refractivity contribution in [2.75, 3.05) is 43.6 Å². The van der Waals surface area contributed by atoms with Crippen LogP contribution in [0.15, 0.2) is 48.9 Å². The van der Waals surface area contributed by atoms with Gasteiger partial charge < -0.3 is 24.8 Å². The number of amides is 1. The van der Waals surface area contributed by atoms with E-state index in [-0.39, 0.29) is 5.91 Å². The highest BCUT2D eigenvalue weighted by Gasteiger charge is 2.17. The molecule has 0 saturated carbocycles. The van der Waals surface area contributed by atoms with Crippen LogP contribution >= 0.6 is 0 Å². The van der Waals surface area contributed by atoms with Gasteiger partial charge in [0.1, 0.15) is 11.5 Å². The molecule has 1 saturated heterocycles. The Morgan fingerprint density at radius 3 is 2.67 bits per heavy atom. The number of benzene rings is 1. The Kier molecular flexibility index (Phi) is 5.57. The number of carbonyl (C=O) groups excluding carboxylic acids is 1. The summed E-state index contributed by atoms with van der Waals surface area (Å²) in [6.45, 7) is 2.74. The molecule has 1 aromatic carbocycles. The number of nitrogens with one attached hydrogen (secondary N) is 2. The molecule has 1 aliphatic rings. The van der Waals surface area contributed by atoms with E-state index >= 15 is 0 Å². The molecule has 3 aromatic heterocycles. The zero-order chi connectivity index (χ0) is 22.8. The van der Waals surface area contributed by atoms with Crippen LogP contribution in [0.1, 0.15) is 10.5 Å². The zero-order valence-corrected chi connectivity index (χ0v) is 18.4. The molecule has 5 rings (SSSR count). The standard InChI is InChI=1S/C23H24N8O2/c1-24-22(32)18-6-4-16(13-25-18)27-21-12-19(28-23(29-21)31-7-9-33-10-8-31)15-3-5-17-20(11-15)30(2)14-26-17/h3-6,11-14H,7-10H2,1-2H3,(H,24,32)(H,27,28,29). The van der Waals surface area contributed by atoms with Gasteiger partial charge in [0.25, 0.3) is 5.91 Å². The predicted octanol–water partition coefficient (Wildman–Crippen LogP) is 2.37. The summed E-state index contributed by atoms with van der Waals surface area (Å²) in [5, 5.41) is 5.87. The molecular weight excluding hydrogens is 420 g/mol. The summed E-state index contributed by atoms with van der Waals surface area (Å²) in [6.07, 6.45) is 3.42. The van der Waals surface area contributed by atoms with E-state index in [4.69, 9.17) is 14.7 Å². The van der Waals surface area contributed by atoms with Crippen LogP contribution in [0.5, 0.6) is 0 Å². The third-order valence-electron chi connectivity index (χ3n) is 5.53. The van der Waals surface area contributed by atoms with Gasteiger partial charge in [0.15, 0.2) is 0 Å². The molecule has 168 valence electrons. The lowest BCUT2D eigenvalue weighted by molar-refractivity contribution is 0.0958. The topological polar surface area (TPSA) is 110 Å². The predicted molar refractivity (Wildman–Crippen MR) is 126 cm³/mol. The van der Waals surface area contributed by atoms with E-state index in [1.165, 1.54) is 0 Å². The molecule has 4 heterocycles. The van der Waals surface area contributed by atoms with Crippen molar-refractivity contribution in [3.63, 3.8) is 0 Å². The van der Waals surface area contributed by atoms with Crippen molar-refractivity contribution in [3.8, 4) is 11.3 Å². The summed E-state index contributed by atoms with van der Waals surface area (Å²) < 4.78 is 7.48. The van der Waals surface area contributed by atoms with Crippen molar-refractivity contribution in [2.45, 2.75) is 0 Å².